The van der Waals surface area contributed by atoms with Crippen LogP contribution in [0.2, 0.25) is 5.02 Å². The molecule has 4 rings (SSSR count). The summed E-state index contributed by atoms with van der Waals surface area (Å²) >= 11 is 8.26. The third-order valence-electron chi connectivity index (χ3n) is 4.35. The Bertz CT molecular complexity index is 1220. The molecule has 1 aromatic carbocycles. The summed E-state index contributed by atoms with van der Waals surface area (Å²) in [6.07, 6.45) is 2.29. The van der Waals surface area contributed by atoms with Crippen LogP contribution in [0, 0.1) is 15.5 Å². The van der Waals surface area contributed by atoms with Gasteiger partial charge in [-0.2, -0.15) is 0 Å². The Labute approximate surface area is 183 Å². The molecule has 152 valence electrons. The minimum Gasteiger partial charge on any atom is -0.457 e. The Morgan fingerprint density at radius 1 is 1.33 bits per heavy atom. The monoisotopic (exact) mass is 460 g/mol. The van der Waals surface area contributed by atoms with Crippen LogP contribution in [0.4, 0.5) is 5.69 Å². The Morgan fingerprint density at radius 2 is 2.13 bits per heavy atom. The normalized spacial score (nSPS) is 17.8. The number of benzene rings is 1. The lowest BCUT2D eigenvalue weighted by Gasteiger charge is -2.00. The summed E-state index contributed by atoms with van der Waals surface area (Å²) in [4.78, 5) is 23.7. The SMILES string of the molecule is CCc1nnc([C@@H]2C(=N)S/C(=C\c3ccc(-c4ccc(Cl)c([N+](=O)[O-])c4)o3)C2=O)s1. The van der Waals surface area contributed by atoms with Gasteiger partial charge in [-0.05, 0) is 36.8 Å². The molecular formula is C19H13ClN4O4S2. The second-order valence-electron chi connectivity index (χ2n) is 6.29. The number of nitro benzene ring substituents is 1. The standard InChI is InChI=1S/C19H13ClN4O4S2/c1-2-15-22-23-19(30-15)16-17(25)14(29-18(16)21)8-10-4-6-13(28-10)9-3-5-11(20)12(7-9)24(26)27/h3-8,16,21H,2H2,1H3/b14-8-,21-18?/t16-/m0/s1. The van der Waals surface area contributed by atoms with Crippen molar-refractivity contribution in [2.45, 2.75) is 19.3 Å². The first-order chi connectivity index (χ1) is 14.4. The van der Waals surface area contributed by atoms with E-state index >= 15 is 0 Å². The van der Waals surface area contributed by atoms with E-state index in [1.807, 2.05) is 6.92 Å². The highest BCUT2D eigenvalue weighted by Gasteiger charge is 2.39. The van der Waals surface area contributed by atoms with E-state index in [0.29, 0.717) is 27.0 Å². The van der Waals surface area contributed by atoms with Gasteiger partial charge >= 0.3 is 0 Å². The van der Waals surface area contributed by atoms with E-state index in [-0.39, 0.29) is 21.5 Å². The van der Waals surface area contributed by atoms with E-state index in [1.54, 1.807) is 24.3 Å². The van der Waals surface area contributed by atoms with E-state index in [0.717, 1.165) is 23.2 Å². The summed E-state index contributed by atoms with van der Waals surface area (Å²) in [6.45, 7) is 1.95. The van der Waals surface area contributed by atoms with Gasteiger partial charge in [0.15, 0.2) is 5.78 Å². The number of carbonyl (C=O) groups is 1. The Morgan fingerprint density at radius 3 is 2.83 bits per heavy atom. The zero-order chi connectivity index (χ0) is 21.4. The van der Waals surface area contributed by atoms with Crippen molar-refractivity contribution >= 4 is 57.3 Å². The first-order valence-corrected chi connectivity index (χ1v) is 10.8. The van der Waals surface area contributed by atoms with Crippen LogP contribution in [0.1, 0.15) is 28.6 Å². The topological polar surface area (TPSA) is 123 Å². The molecule has 2 aromatic heterocycles. The van der Waals surface area contributed by atoms with Gasteiger partial charge in [0.05, 0.1) is 14.9 Å². The van der Waals surface area contributed by atoms with Crippen molar-refractivity contribution in [1.29, 1.82) is 5.41 Å². The average Bonchev–Trinajstić information content (AvgIpc) is 3.42. The number of thioether (sulfide) groups is 1. The smallest absolute Gasteiger partial charge is 0.288 e. The molecule has 1 aliphatic rings. The predicted molar refractivity (Wildman–Crippen MR) is 116 cm³/mol. The minimum atomic E-state index is -0.729. The van der Waals surface area contributed by atoms with E-state index in [1.165, 1.54) is 23.5 Å². The molecule has 3 aromatic rings. The van der Waals surface area contributed by atoms with Crippen molar-refractivity contribution in [2.75, 3.05) is 0 Å². The largest absolute Gasteiger partial charge is 0.457 e. The van der Waals surface area contributed by atoms with E-state index in [2.05, 4.69) is 10.2 Å². The molecule has 0 radical (unpaired) electrons. The lowest BCUT2D eigenvalue weighted by Crippen LogP contribution is -2.11. The fraction of sp³-hybridized carbons (Fsp3) is 0.158. The summed E-state index contributed by atoms with van der Waals surface area (Å²) in [7, 11) is 0. The van der Waals surface area contributed by atoms with E-state index in [9.17, 15) is 14.9 Å². The van der Waals surface area contributed by atoms with Gasteiger partial charge in [-0.15, -0.1) is 21.5 Å². The summed E-state index contributed by atoms with van der Waals surface area (Å²) in [5, 5.41) is 29.0. The highest BCUT2D eigenvalue weighted by Crippen LogP contribution is 2.42. The summed E-state index contributed by atoms with van der Waals surface area (Å²) in [6, 6.07) is 7.70. The van der Waals surface area contributed by atoms with Gasteiger partial charge in [-0.3, -0.25) is 20.3 Å². The van der Waals surface area contributed by atoms with Crippen LogP contribution in [0.25, 0.3) is 17.4 Å². The molecule has 0 aliphatic carbocycles. The van der Waals surface area contributed by atoms with Crippen LogP contribution >= 0.6 is 34.7 Å². The van der Waals surface area contributed by atoms with Crippen molar-refractivity contribution < 1.29 is 14.1 Å². The molecule has 0 bridgehead atoms. The second kappa shape index (κ2) is 8.13. The summed E-state index contributed by atoms with van der Waals surface area (Å²) in [5.41, 5.74) is 0.277. The number of aromatic nitrogens is 2. The van der Waals surface area contributed by atoms with Crippen molar-refractivity contribution in [1.82, 2.24) is 10.2 Å². The maximum absolute atomic E-state index is 12.8. The number of allylic oxidation sites excluding steroid dienone is 1. The van der Waals surface area contributed by atoms with Crippen LogP contribution in [-0.2, 0) is 11.2 Å². The number of carbonyl (C=O) groups excluding carboxylic acids is 1. The predicted octanol–water partition coefficient (Wildman–Crippen LogP) is 5.34. The Kier molecular flexibility index (Phi) is 5.54. The van der Waals surface area contributed by atoms with Crippen LogP contribution in [0.5, 0.6) is 0 Å². The molecule has 0 unspecified atom stereocenters. The van der Waals surface area contributed by atoms with Crippen molar-refractivity contribution in [3.05, 3.63) is 66.1 Å². The third kappa shape index (κ3) is 3.81. The summed E-state index contributed by atoms with van der Waals surface area (Å²) < 4.78 is 5.75. The zero-order valence-corrected chi connectivity index (χ0v) is 17.8. The van der Waals surface area contributed by atoms with Gasteiger partial charge in [0.1, 0.15) is 32.5 Å². The Balaban J connectivity index is 1.60. The average molecular weight is 461 g/mol. The molecule has 8 nitrogen and oxygen atoms in total. The van der Waals surface area contributed by atoms with E-state index in [4.69, 9.17) is 21.4 Å². The second-order valence-corrected chi connectivity index (χ2v) is 8.87. The Hall–Kier alpha value is -2.82. The number of furan rings is 1. The number of rotatable bonds is 5. The fourth-order valence-electron chi connectivity index (χ4n) is 2.86. The lowest BCUT2D eigenvalue weighted by atomic mass is 10.1. The van der Waals surface area contributed by atoms with Crippen LogP contribution in [0.3, 0.4) is 0 Å². The van der Waals surface area contributed by atoms with E-state index < -0.39 is 10.8 Å². The highest BCUT2D eigenvalue weighted by molar-refractivity contribution is 8.19. The quantitative estimate of drug-likeness (QED) is 0.309. The minimum absolute atomic E-state index is 0.0399. The molecule has 1 saturated heterocycles. The van der Waals surface area contributed by atoms with Crippen LogP contribution in [-0.4, -0.2) is 25.9 Å². The molecule has 11 heteroatoms. The van der Waals surface area contributed by atoms with Gasteiger partial charge in [-0.25, -0.2) is 0 Å². The van der Waals surface area contributed by atoms with Gasteiger partial charge < -0.3 is 4.42 Å². The first-order valence-electron chi connectivity index (χ1n) is 8.76. The number of nitrogens with one attached hydrogen (secondary N) is 1. The zero-order valence-electron chi connectivity index (χ0n) is 15.4. The number of hydrogen-bond donors (Lipinski definition) is 1. The van der Waals surface area contributed by atoms with Crippen LogP contribution < -0.4 is 0 Å². The van der Waals surface area contributed by atoms with Gasteiger partial charge in [0, 0.05) is 11.6 Å². The third-order valence-corrected chi connectivity index (χ3v) is 6.79. The number of ketones is 1. The number of aryl methyl sites for hydroxylation is 1. The summed E-state index contributed by atoms with van der Waals surface area (Å²) in [5.74, 6) is -0.143. The first kappa shape index (κ1) is 20.5. The van der Waals surface area contributed by atoms with Crippen molar-refractivity contribution in [2.24, 2.45) is 0 Å². The number of Topliss-reactive ketones (excluding diaryl/α,β-unsaturated/α-hetero) is 1. The number of nitrogens with zero attached hydrogens (tertiary/aromatic N) is 3. The van der Waals surface area contributed by atoms with Gasteiger partial charge in [0.2, 0.25) is 0 Å². The molecule has 0 saturated carbocycles. The molecule has 1 N–H and O–H groups in total. The molecule has 1 fully saturated rings. The van der Waals surface area contributed by atoms with Gasteiger partial charge in [-0.1, -0.05) is 30.3 Å². The van der Waals surface area contributed by atoms with Crippen molar-refractivity contribution in [3.63, 3.8) is 0 Å². The lowest BCUT2D eigenvalue weighted by molar-refractivity contribution is -0.384. The van der Waals surface area contributed by atoms with Crippen molar-refractivity contribution in [3.8, 4) is 11.3 Å². The molecule has 0 spiro atoms. The molecular weight excluding hydrogens is 448 g/mol. The molecule has 30 heavy (non-hydrogen) atoms. The molecule has 0 amide bonds. The maximum Gasteiger partial charge on any atom is 0.288 e. The van der Waals surface area contributed by atoms with Crippen LogP contribution in [0.15, 0.2) is 39.7 Å². The van der Waals surface area contributed by atoms with Gasteiger partial charge in [0.25, 0.3) is 5.69 Å². The fourth-order valence-corrected chi connectivity index (χ4v) is 4.98. The number of nitro groups is 1. The number of hydrogen-bond acceptors (Lipinski definition) is 9. The highest BCUT2D eigenvalue weighted by atomic mass is 35.5. The number of halogens is 1. The maximum atomic E-state index is 12.8. The molecule has 1 aliphatic heterocycles. The molecule has 3 heterocycles. The molecule has 1 atom stereocenters.